The highest BCUT2D eigenvalue weighted by atomic mass is 32.2. The van der Waals surface area contributed by atoms with E-state index in [2.05, 4.69) is 27.2 Å². The molecule has 162 valence electrons. The van der Waals surface area contributed by atoms with Gasteiger partial charge in [-0.2, -0.15) is 4.98 Å². The zero-order valence-electron chi connectivity index (χ0n) is 17.8. The SMILES string of the molecule is COc1ccc(N2CCCN(C(=O)c3ccccc3SCc3noc(C)n3)CC2)cc1. The molecule has 2 heterocycles. The van der Waals surface area contributed by atoms with Crippen molar-refractivity contribution in [2.24, 2.45) is 0 Å². The fourth-order valence-electron chi connectivity index (χ4n) is 3.65. The first-order valence-electron chi connectivity index (χ1n) is 10.3. The predicted octanol–water partition coefficient (Wildman–Crippen LogP) is 4.03. The van der Waals surface area contributed by atoms with Gasteiger partial charge >= 0.3 is 0 Å². The van der Waals surface area contributed by atoms with E-state index in [1.54, 1.807) is 25.8 Å². The van der Waals surface area contributed by atoms with Crippen molar-refractivity contribution >= 4 is 23.4 Å². The fourth-order valence-corrected chi connectivity index (χ4v) is 4.54. The second-order valence-electron chi connectivity index (χ2n) is 7.35. The van der Waals surface area contributed by atoms with E-state index in [-0.39, 0.29) is 5.91 Å². The smallest absolute Gasteiger partial charge is 0.255 e. The van der Waals surface area contributed by atoms with E-state index in [1.165, 1.54) is 0 Å². The monoisotopic (exact) mass is 438 g/mol. The summed E-state index contributed by atoms with van der Waals surface area (Å²) >= 11 is 1.56. The summed E-state index contributed by atoms with van der Waals surface area (Å²) in [6.45, 7) is 4.93. The molecule has 1 fully saturated rings. The Morgan fingerprint density at radius 1 is 1.10 bits per heavy atom. The van der Waals surface area contributed by atoms with Crippen LogP contribution >= 0.6 is 11.8 Å². The summed E-state index contributed by atoms with van der Waals surface area (Å²) in [7, 11) is 1.67. The maximum atomic E-state index is 13.3. The van der Waals surface area contributed by atoms with Crippen LogP contribution in [0.5, 0.6) is 5.75 Å². The minimum atomic E-state index is 0.0731. The number of methoxy groups -OCH3 is 1. The van der Waals surface area contributed by atoms with Crippen LogP contribution in [0.2, 0.25) is 0 Å². The molecule has 8 heteroatoms. The van der Waals surface area contributed by atoms with Crippen LogP contribution in [-0.4, -0.2) is 54.2 Å². The van der Waals surface area contributed by atoms with E-state index in [0.29, 0.717) is 24.0 Å². The maximum absolute atomic E-state index is 13.3. The highest BCUT2D eigenvalue weighted by molar-refractivity contribution is 7.98. The van der Waals surface area contributed by atoms with Crippen molar-refractivity contribution in [1.29, 1.82) is 0 Å². The molecule has 1 amide bonds. The molecular weight excluding hydrogens is 412 g/mol. The zero-order chi connectivity index (χ0) is 21.6. The van der Waals surface area contributed by atoms with E-state index in [0.717, 1.165) is 48.0 Å². The number of anilines is 1. The molecule has 1 aliphatic rings. The van der Waals surface area contributed by atoms with Crippen LogP contribution in [0.3, 0.4) is 0 Å². The summed E-state index contributed by atoms with van der Waals surface area (Å²) < 4.78 is 10.3. The standard InChI is InChI=1S/C23H26N4O3S/c1-17-24-22(25-30-17)16-31-21-7-4-3-6-20(21)23(28)27-13-5-12-26(14-15-27)18-8-10-19(29-2)11-9-18/h3-4,6-11H,5,12-16H2,1-2H3. The molecule has 0 atom stereocenters. The number of benzene rings is 2. The molecule has 0 saturated carbocycles. The molecule has 2 aromatic carbocycles. The summed E-state index contributed by atoms with van der Waals surface area (Å²) in [6, 6.07) is 15.8. The van der Waals surface area contributed by atoms with Gasteiger partial charge in [0.15, 0.2) is 5.82 Å². The fraction of sp³-hybridized carbons (Fsp3) is 0.348. The Labute approximate surface area is 186 Å². The van der Waals surface area contributed by atoms with Crippen molar-refractivity contribution in [1.82, 2.24) is 15.0 Å². The largest absolute Gasteiger partial charge is 0.497 e. The molecule has 31 heavy (non-hydrogen) atoms. The molecule has 0 spiro atoms. The molecule has 1 aliphatic heterocycles. The van der Waals surface area contributed by atoms with Crippen LogP contribution in [0.15, 0.2) is 57.9 Å². The van der Waals surface area contributed by atoms with Crippen LogP contribution in [-0.2, 0) is 5.75 Å². The van der Waals surface area contributed by atoms with Gasteiger partial charge in [0.1, 0.15) is 5.75 Å². The number of aryl methyl sites for hydroxylation is 1. The molecule has 7 nitrogen and oxygen atoms in total. The summed E-state index contributed by atoms with van der Waals surface area (Å²) in [5.41, 5.74) is 1.88. The lowest BCUT2D eigenvalue weighted by atomic mass is 10.2. The van der Waals surface area contributed by atoms with Crippen molar-refractivity contribution in [2.75, 3.05) is 38.2 Å². The number of amides is 1. The molecular formula is C23H26N4O3S. The number of nitrogens with zero attached hydrogens (tertiary/aromatic N) is 4. The predicted molar refractivity (Wildman–Crippen MR) is 121 cm³/mol. The molecule has 3 aromatic rings. The first kappa shape index (κ1) is 21.2. The summed E-state index contributed by atoms with van der Waals surface area (Å²) in [4.78, 5) is 22.8. The van der Waals surface area contributed by atoms with Gasteiger partial charge in [-0.05, 0) is 42.8 Å². The zero-order valence-corrected chi connectivity index (χ0v) is 18.6. The van der Waals surface area contributed by atoms with E-state index < -0.39 is 0 Å². The van der Waals surface area contributed by atoms with Crippen molar-refractivity contribution < 1.29 is 14.1 Å². The van der Waals surface area contributed by atoms with Crippen molar-refractivity contribution in [3.8, 4) is 5.75 Å². The minimum Gasteiger partial charge on any atom is -0.497 e. The van der Waals surface area contributed by atoms with E-state index in [1.807, 2.05) is 41.3 Å². The molecule has 1 aromatic heterocycles. The normalized spacial score (nSPS) is 14.4. The molecule has 0 N–H and O–H groups in total. The lowest BCUT2D eigenvalue weighted by Gasteiger charge is -2.24. The van der Waals surface area contributed by atoms with E-state index in [9.17, 15) is 4.79 Å². The Bertz CT molecular complexity index is 1020. The molecule has 0 radical (unpaired) electrons. The highest BCUT2D eigenvalue weighted by Gasteiger charge is 2.22. The Morgan fingerprint density at radius 2 is 1.90 bits per heavy atom. The van der Waals surface area contributed by atoms with Gasteiger partial charge in [-0.1, -0.05) is 17.3 Å². The van der Waals surface area contributed by atoms with Crippen LogP contribution < -0.4 is 9.64 Å². The van der Waals surface area contributed by atoms with Crippen LogP contribution in [0.1, 0.15) is 28.5 Å². The number of carbonyl (C=O) groups excluding carboxylic acids is 1. The van der Waals surface area contributed by atoms with Crippen molar-refractivity contribution in [3.05, 3.63) is 65.8 Å². The summed E-state index contributed by atoms with van der Waals surface area (Å²) in [5, 5.41) is 3.94. The van der Waals surface area contributed by atoms with Crippen molar-refractivity contribution in [3.63, 3.8) is 0 Å². The van der Waals surface area contributed by atoms with Gasteiger partial charge in [0.05, 0.1) is 18.4 Å². The number of hydrogen-bond donors (Lipinski definition) is 0. The van der Waals surface area contributed by atoms with Gasteiger partial charge in [-0.3, -0.25) is 4.79 Å². The topological polar surface area (TPSA) is 71.7 Å². The molecule has 1 saturated heterocycles. The first-order chi connectivity index (χ1) is 15.1. The lowest BCUT2D eigenvalue weighted by Crippen LogP contribution is -2.35. The van der Waals surface area contributed by atoms with E-state index in [4.69, 9.17) is 9.26 Å². The third-order valence-electron chi connectivity index (χ3n) is 5.26. The Hall–Kier alpha value is -3.00. The van der Waals surface area contributed by atoms with E-state index >= 15 is 0 Å². The number of thioether (sulfide) groups is 1. The van der Waals surface area contributed by atoms with Crippen molar-refractivity contribution in [2.45, 2.75) is 24.0 Å². The third-order valence-corrected chi connectivity index (χ3v) is 6.33. The number of ether oxygens (including phenoxy) is 1. The minimum absolute atomic E-state index is 0.0731. The maximum Gasteiger partial charge on any atom is 0.255 e. The van der Waals surface area contributed by atoms with Crippen LogP contribution in [0, 0.1) is 6.92 Å². The van der Waals surface area contributed by atoms with Gasteiger partial charge in [-0.15, -0.1) is 11.8 Å². The van der Waals surface area contributed by atoms with Gasteiger partial charge in [0.2, 0.25) is 5.89 Å². The first-order valence-corrected chi connectivity index (χ1v) is 11.3. The Morgan fingerprint density at radius 3 is 2.65 bits per heavy atom. The van der Waals surface area contributed by atoms with Gasteiger partial charge in [0.25, 0.3) is 5.91 Å². The third kappa shape index (κ3) is 5.19. The van der Waals surface area contributed by atoms with Crippen LogP contribution in [0.4, 0.5) is 5.69 Å². The average molecular weight is 439 g/mol. The lowest BCUT2D eigenvalue weighted by molar-refractivity contribution is 0.0763. The summed E-state index contributed by atoms with van der Waals surface area (Å²) in [6.07, 6.45) is 0.926. The average Bonchev–Trinajstić information content (AvgIpc) is 3.07. The Balaban J connectivity index is 1.42. The van der Waals surface area contributed by atoms with Gasteiger partial charge in [-0.25, -0.2) is 0 Å². The second kappa shape index (κ2) is 9.87. The number of aromatic nitrogens is 2. The summed E-state index contributed by atoms with van der Waals surface area (Å²) in [5.74, 6) is 2.66. The molecule has 0 unspecified atom stereocenters. The van der Waals surface area contributed by atoms with Gasteiger partial charge in [0, 0.05) is 43.7 Å². The molecule has 0 bridgehead atoms. The Kier molecular flexibility index (Phi) is 6.76. The quantitative estimate of drug-likeness (QED) is 0.538. The highest BCUT2D eigenvalue weighted by Crippen LogP contribution is 2.27. The molecule has 0 aliphatic carbocycles. The van der Waals surface area contributed by atoms with Crippen LogP contribution in [0.25, 0.3) is 0 Å². The van der Waals surface area contributed by atoms with Gasteiger partial charge < -0.3 is 19.1 Å². The second-order valence-corrected chi connectivity index (χ2v) is 8.36. The number of carbonyl (C=O) groups is 1. The number of hydrogen-bond acceptors (Lipinski definition) is 7. The number of rotatable bonds is 6. The molecule has 4 rings (SSSR count).